The van der Waals surface area contributed by atoms with Crippen LogP contribution in [0, 0.1) is 5.82 Å². The zero-order valence-electron chi connectivity index (χ0n) is 12.9. The van der Waals surface area contributed by atoms with Gasteiger partial charge in [0.25, 0.3) is 0 Å². The third kappa shape index (κ3) is 2.89. The van der Waals surface area contributed by atoms with Crippen LogP contribution in [0.4, 0.5) is 4.39 Å². The molecule has 0 radical (unpaired) electrons. The molecule has 0 saturated carbocycles. The largest absolute Gasteiger partial charge is 0.346 e. The molecule has 2 aliphatic heterocycles. The molecule has 122 valence electrons. The molecular weight excluding hydrogens is 297 g/mol. The Balaban J connectivity index is 1.54. The lowest BCUT2D eigenvalue weighted by Gasteiger charge is -2.38. The van der Waals surface area contributed by atoms with Crippen LogP contribution < -0.4 is 0 Å². The smallest absolute Gasteiger partial charge is 0.181 e. The summed E-state index contributed by atoms with van der Waals surface area (Å²) in [5, 5.41) is 7.05. The average molecular weight is 317 g/mol. The van der Waals surface area contributed by atoms with Crippen LogP contribution >= 0.6 is 0 Å². The van der Waals surface area contributed by atoms with E-state index < -0.39 is 5.79 Å². The summed E-state index contributed by atoms with van der Waals surface area (Å²) in [6.07, 6.45) is 3.75. The standard InChI is InChI=1S/C17H20FN3O2/c18-15-5-2-1-4-14(15)16-13(10-19-20-16)11-21-7-3-6-17(12-21)22-8-9-23-17/h1-2,4-5,10H,3,6-9,11-12H2,(H,19,20). The normalized spacial score (nSPS) is 21.1. The molecule has 1 spiro atoms. The SMILES string of the molecule is Fc1ccccc1-c1[nH]ncc1CN1CCCC2(C1)OCCO2. The number of halogens is 1. The van der Waals surface area contributed by atoms with E-state index >= 15 is 0 Å². The zero-order chi connectivity index (χ0) is 15.7. The van der Waals surface area contributed by atoms with Gasteiger partial charge in [0.05, 0.1) is 31.6 Å². The van der Waals surface area contributed by atoms with Crippen molar-refractivity contribution in [2.24, 2.45) is 0 Å². The topological polar surface area (TPSA) is 50.4 Å². The first-order valence-electron chi connectivity index (χ1n) is 8.03. The van der Waals surface area contributed by atoms with E-state index in [2.05, 4.69) is 15.1 Å². The summed E-state index contributed by atoms with van der Waals surface area (Å²) in [4.78, 5) is 2.30. The summed E-state index contributed by atoms with van der Waals surface area (Å²) in [7, 11) is 0. The first kappa shape index (κ1) is 14.8. The van der Waals surface area contributed by atoms with E-state index in [-0.39, 0.29) is 5.82 Å². The van der Waals surface area contributed by atoms with E-state index in [1.165, 1.54) is 6.07 Å². The van der Waals surface area contributed by atoms with Gasteiger partial charge < -0.3 is 9.47 Å². The van der Waals surface area contributed by atoms with Gasteiger partial charge in [-0.2, -0.15) is 5.10 Å². The summed E-state index contributed by atoms with van der Waals surface area (Å²) < 4.78 is 25.7. The predicted octanol–water partition coefficient (Wildman–Crippen LogP) is 2.55. The van der Waals surface area contributed by atoms with Crippen LogP contribution in [0.1, 0.15) is 18.4 Å². The van der Waals surface area contributed by atoms with Crippen molar-refractivity contribution in [1.29, 1.82) is 0 Å². The van der Waals surface area contributed by atoms with Crippen molar-refractivity contribution >= 4 is 0 Å². The fourth-order valence-electron chi connectivity index (χ4n) is 3.51. The summed E-state index contributed by atoms with van der Waals surface area (Å²) in [6, 6.07) is 6.76. The van der Waals surface area contributed by atoms with Gasteiger partial charge in [-0.3, -0.25) is 10.00 Å². The molecule has 1 aromatic heterocycles. The van der Waals surface area contributed by atoms with Crippen LogP contribution in [0.25, 0.3) is 11.3 Å². The molecule has 0 unspecified atom stereocenters. The lowest BCUT2D eigenvalue weighted by molar-refractivity contribution is -0.190. The van der Waals surface area contributed by atoms with E-state index in [1.807, 2.05) is 6.07 Å². The number of nitrogens with one attached hydrogen (secondary N) is 1. The van der Waals surface area contributed by atoms with Gasteiger partial charge in [0.2, 0.25) is 0 Å². The van der Waals surface area contributed by atoms with E-state index in [9.17, 15) is 4.39 Å². The third-order valence-corrected chi connectivity index (χ3v) is 4.57. The molecule has 0 atom stereocenters. The van der Waals surface area contributed by atoms with E-state index in [1.54, 1.807) is 18.3 Å². The number of hydrogen-bond acceptors (Lipinski definition) is 4. The van der Waals surface area contributed by atoms with Gasteiger partial charge in [0.15, 0.2) is 5.79 Å². The maximum Gasteiger partial charge on any atom is 0.181 e. The minimum atomic E-state index is -0.444. The van der Waals surface area contributed by atoms with Crippen molar-refractivity contribution in [1.82, 2.24) is 15.1 Å². The molecule has 0 bridgehead atoms. The van der Waals surface area contributed by atoms with Crippen LogP contribution in [-0.4, -0.2) is 47.2 Å². The Kier molecular flexibility index (Phi) is 3.88. The highest BCUT2D eigenvalue weighted by Gasteiger charge is 2.40. The molecule has 2 saturated heterocycles. The fourth-order valence-corrected chi connectivity index (χ4v) is 3.51. The van der Waals surface area contributed by atoms with Crippen LogP contribution in [0.5, 0.6) is 0 Å². The minimum absolute atomic E-state index is 0.240. The molecule has 2 aliphatic rings. The molecule has 0 amide bonds. The van der Waals surface area contributed by atoms with E-state index in [0.717, 1.165) is 37.2 Å². The molecule has 2 fully saturated rings. The highest BCUT2D eigenvalue weighted by Crippen LogP contribution is 2.32. The van der Waals surface area contributed by atoms with Gasteiger partial charge >= 0.3 is 0 Å². The summed E-state index contributed by atoms with van der Waals surface area (Å²) >= 11 is 0. The van der Waals surface area contributed by atoms with Gasteiger partial charge in [0.1, 0.15) is 5.82 Å². The van der Waals surface area contributed by atoms with E-state index in [4.69, 9.17) is 9.47 Å². The van der Waals surface area contributed by atoms with Gasteiger partial charge in [0, 0.05) is 24.1 Å². The maximum atomic E-state index is 14.1. The number of aromatic amines is 1. The third-order valence-electron chi connectivity index (χ3n) is 4.57. The number of aromatic nitrogens is 2. The van der Waals surface area contributed by atoms with Gasteiger partial charge in [-0.15, -0.1) is 0 Å². The van der Waals surface area contributed by atoms with Crippen molar-refractivity contribution in [3.63, 3.8) is 0 Å². The number of piperidine rings is 1. The monoisotopic (exact) mass is 317 g/mol. The van der Waals surface area contributed by atoms with Crippen LogP contribution in [0.15, 0.2) is 30.5 Å². The summed E-state index contributed by atoms with van der Waals surface area (Å²) in [5.74, 6) is -0.685. The number of likely N-dealkylation sites (tertiary alicyclic amines) is 1. The predicted molar refractivity (Wildman–Crippen MR) is 83.1 cm³/mol. The Morgan fingerprint density at radius 3 is 2.91 bits per heavy atom. The number of nitrogens with zero attached hydrogens (tertiary/aromatic N) is 2. The number of ether oxygens (including phenoxy) is 2. The summed E-state index contributed by atoms with van der Waals surface area (Å²) in [6.45, 7) is 3.76. The highest BCUT2D eigenvalue weighted by atomic mass is 19.1. The number of H-pyrrole nitrogens is 1. The Morgan fingerprint density at radius 2 is 2.09 bits per heavy atom. The molecule has 0 aliphatic carbocycles. The summed E-state index contributed by atoms with van der Waals surface area (Å²) in [5.41, 5.74) is 2.29. The van der Waals surface area contributed by atoms with Crippen molar-refractivity contribution in [2.75, 3.05) is 26.3 Å². The lowest BCUT2D eigenvalue weighted by atomic mass is 10.0. The van der Waals surface area contributed by atoms with Gasteiger partial charge in [-0.25, -0.2) is 4.39 Å². The molecule has 5 nitrogen and oxygen atoms in total. The van der Waals surface area contributed by atoms with Gasteiger partial charge in [-0.1, -0.05) is 12.1 Å². The Bertz CT molecular complexity index is 682. The second kappa shape index (κ2) is 6.03. The second-order valence-electron chi connectivity index (χ2n) is 6.17. The van der Waals surface area contributed by atoms with E-state index in [0.29, 0.717) is 25.3 Å². The van der Waals surface area contributed by atoms with Crippen LogP contribution in [0.3, 0.4) is 0 Å². The molecular formula is C17H20FN3O2. The number of rotatable bonds is 3. The molecule has 6 heteroatoms. The lowest BCUT2D eigenvalue weighted by Crippen LogP contribution is -2.48. The molecule has 3 heterocycles. The van der Waals surface area contributed by atoms with Crippen molar-refractivity contribution < 1.29 is 13.9 Å². The first-order valence-corrected chi connectivity index (χ1v) is 8.03. The highest BCUT2D eigenvalue weighted by molar-refractivity contribution is 5.63. The number of benzene rings is 1. The first-order chi connectivity index (χ1) is 11.3. The molecule has 23 heavy (non-hydrogen) atoms. The quantitative estimate of drug-likeness (QED) is 0.945. The molecule has 4 rings (SSSR count). The fraction of sp³-hybridized carbons (Fsp3) is 0.471. The Hall–Kier alpha value is -1.76. The van der Waals surface area contributed by atoms with Crippen molar-refractivity contribution in [3.05, 3.63) is 41.8 Å². The molecule has 2 aromatic rings. The van der Waals surface area contributed by atoms with Gasteiger partial charge in [-0.05, 0) is 25.1 Å². The van der Waals surface area contributed by atoms with Crippen molar-refractivity contribution in [2.45, 2.75) is 25.2 Å². The number of hydrogen-bond donors (Lipinski definition) is 1. The zero-order valence-corrected chi connectivity index (χ0v) is 12.9. The molecule has 1 aromatic carbocycles. The molecule has 1 N–H and O–H groups in total. The average Bonchev–Trinajstić information content (AvgIpc) is 3.18. The second-order valence-corrected chi connectivity index (χ2v) is 6.17. The van der Waals surface area contributed by atoms with Crippen molar-refractivity contribution in [3.8, 4) is 11.3 Å². The van der Waals surface area contributed by atoms with Crippen LogP contribution in [-0.2, 0) is 16.0 Å². The Morgan fingerprint density at radius 1 is 1.26 bits per heavy atom. The Labute approximate surface area is 134 Å². The maximum absolute atomic E-state index is 14.1. The van der Waals surface area contributed by atoms with Crippen LogP contribution in [0.2, 0.25) is 0 Å². The minimum Gasteiger partial charge on any atom is -0.346 e.